The van der Waals surface area contributed by atoms with Crippen molar-refractivity contribution in [1.82, 2.24) is 15.5 Å². The number of nitrogens with zero attached hydrogens (tertiary/aromatic N) is 2. The molecule has 0 bridgehead atoms. The maximum Gasteiger partial charge on any atom is 0.191 e. The van der Waals surface area contributed by atoms with E-state index in [0.717, 1.165) is 25.9 Å². The van der Waals surface area contributed by atoms with Crippen molar-refractivity contribution in [3.05, 3.63) is 30.3 Å². The van der Waals surface area contributed by atoms with Crippen molar-refractivity contribution in [3.8, 4) is 0 Å². The standard InChI is InChI=1S/C18H30N4O2S.HI/c1-15(2)22-12-9-16(10-13-22)21-18(19-3)20-11-14-25(23,24)17-7-5-4-6-8-17;/h4-8,15-16H,9-14H2,1-3H3,(H2,19,20,21);1H. The number of sulfone groups is 1. The zero-order chi connectivity index (χ0) is 18.3. The molecule has 0 atom stereocenters. The Morgan fingerprint density at radius 2 is 1.85 bits per heavy atom. The van der Waals surface area contributed by atoms with Crippen LogP contribution in [0, 0.1) is 0 Å². The highest BCUT2D eigenvalue weighted by Gasteiger charge is 2.21. The number of piperidine rings is 1. The minimum atomic E-state index is -3.27. The van der Waals surface area contributed by atoms with Crippen molar-refractivity contribution < 1.29 is 8.42 Å². The molecule has 0 saturated carbocycles. The molecule has 1 aromatic rings. The molecule has 2 rings (SSSR count). The Labute approximate surface area is 174 Å². The number of nitrogens with one attached hydrogen (secondary N) is 2. The minimum Gasteiger partial charge on any atom is -0.355 e. The van der Waals surface area contributed by atoms with Crippen molar-refractivity contribution in [2.45, 2.75) is 43.7 Å². The van der Waals surface area contributed by atoms with Gasteiger partial charge in [0.1, 0.15) is 0 Å². The fourth-order valence-electron chi connectivity index (χ4n) is 3.00. The van der Waals surface area contributed by atoms with Crippen LogP contribution < -0.4 is 10.6 Å². The maximum absolute atomic E-state index is 12.3. The summed E-state index contributed by atoms with van der Waals surface area (Å²) in [7, 11) is -1.55. The molecule has 2 N–H and O–H groups in total. The number of halogens is 1. The second kappa shape index (κ2) is 11.1. The van der Waals surface area contributed by atoms with Gasteiger partial charge in [0.05, 0.1) is 10.6 Å². The van der Waals surface area contributed by atoms with Crippen molar-refractivity contribution in [2.75, 3.05) is 32.4 Å². The van der Waals surface area contributed by atoms with Gasteiger partial charge in [-0.15, -0.1) is 24.0 Å². The van der Waals surface area contributed by atoms with Gasteiger partial charge in [-0.2, -0.15) is 0 Å². The molecule has 8 heteroatoms. The lowest BCUT2D eigenvalue weighted by molar-refractivity contribution is 0.167. The molecule has 0 unspecified atom stereocenters. The zero-order valence-electron chi connectivity index (χ0n) is 15.8. The van der Waals surface area contributed by atoms with Gasteiger partial charge < -0.3 is 15.5 Å². The monoisotopic (exact) mass is 494 g/mol. The highest BCUT2D eigenvalue weighted by atomic mass is 127. The van der Waals surface area contributed by atoms with E-state index in [1.165, 1.54) is 0 Å². The van der Waals surface area contributed by atoms with Crippen LogP contribution in [0.2, 0.25) is 0 Å². The average Bonchev–Trinajstić information content (AvgIpc) is 2.62. The van der Waals surface area contributed by atoms with E-state index in [2.05, 4.69) is 34.4 Å². The summed E-state index contributed by atoms with van der Waals surface area (Å²) in [5.74, 6) is 0.718. The fraction of sp³-hybridized carbons (Fsp3) is 0.611. The molecule has 1 aliphatic heterocycles. The van der Waals surface area contributed by atoms with Gasteiger partial charge in [-0.25, -0.2) is 8.42 Å². The SMILES string of the molecule is CN=C(NCCS(=O)(=O)c1ccccc1)NC1CCN(C(C)C)CC1.I. The molecule has 1 saturated heterocycles. The second-order valence-electron chi connectivity index (χ2n) is 6.68. The summed E-state index contributed by atoms with van der Waals surface area (Å²) in [6.45, 7) is 6.94. The van der Waals surface area contributed by atoms with Crippen molar-refractivity contribution in [3.63, 3.8) is 0 Å². The first kappa shape index (κ1) is 23.2. The van der Waals surface area contributed by atoms with Crippen molar-refractivity contribution in [2.24, 2.45) is 4.99 Å². The number of hydrogen-bond donors (Lipinski definition) is 2. The van der Waals surface area contributed by atoms with Crippen LogP contribution in [0.4, 0.5) is 0 Å². The van der Waals surface area contributed by atoms with Gasteiger partial charge in [0.2, 0.25) is 0 Å². The van der Waals surface area contributed by atoms with Gasteiger partial charge in [-0.3, -0.25) is 4.99 Å². The Morgan fingerprint density at radius 3 is 2.38 bits per heavy atom. The third kappa shape index (κ3) is 7.03. The van der Waals surface area contributed by atoms with E-state index in [4.69, 9.17) is 0 Å². The molecule has 148 valence electrons. The molecular formula is C18H31IN4O2S. The number of likely N-dealkylation sites (tertiary alicyclic amines) is 1. The quantitative estimate of drug-likeness (QED) is 0.360. The van der Waals surface area contributed by atoms with E-state index in [9.17, 15) is 8.42 Å². The number of hydrogen-bond acceptors (Lipinski definition) is 4. The second-order valence-corrected chi connectivity index (χ2v) is 8.79. The third-order valence-corrected chi connectivity index (χ3v) is 6.32. The topological polar surface area (TPSA) is 73.8 Å². The van der Waals surface area contributed by atoms with Gasteiger partial charge in [0, 0.05) is 38.8 Å². The Morgan fingerprint density at radius 1 is 1.23 bits per heavy atom. The first-order chi connectivity index (χ1) is 11.9. The molecule has 26 heavy (non-hydrogen) atoms. The highest BCUT2D eigenvalue weighted by Crippen LogP contribution is 2.13. The molecule has 6 nitrogen and oxygen atoms in total. The Kier molecular flexibility index (Phi) is 9.88. The maximum atomic E-state index is 12.3. The summed E-state index contributed by atoms with van der Waals surface area (Å²) in [6, 6.07) is 9.52. The average molecular weight is 494 g/mol. The lowest BCUT2D eigenvalue weighted by Gasteiger charge is -2.35. The number of guanidine groups is 1. The van der Waals surface area contributed by atoms with E-state index in [1.807, 2.05) is 6.07 Å². The smallest absolute Gasteiger partial charge is 0.191 e. The Bertz CT molecular complexity index is 657. The van der Waals surface area contributed by atoms with E-state index < -0.39 is 9.84 Å². The summed E-state index contributed by atoms with van der Waals surface area (Å²) < 4.78 is 24.6. The van der Waals surface area contributed by atoms with Crippen molar-refractivity contribution in [1.29, 1.82) is 0 Å². The molecule has 1 aromatic carbocycles. The number of benzene rings is 1. The lowest BCUT2D eigenvalue weighted by atomic mass is 10.0. The summed E-state index contributed by atoms with van der Waals surface area (Å²) in [5.41, 5.74) is 0. The van der Waals surface area contributed by atoms with E-state index in [0.29, 0.717) is 29.5 Å². The van der Waals surface area contributed by atoms with Crippen LogP contribution in [0.15, 0.2) is 40.2 Å². The Balaban J connectivity index is 0.00000338. The minimum absolute atomic E-state index is 0. The largest absolute Gasteiger partial charge is 0.355 e. The molecule has 1 fully saturated rings. The molecule has 0 aliphatic carbocycles. The Hall–Kier alpha value is -0.870. The van der Waals surface area contributed by atoms with Crippen LogP contribution in [0.1, 0.15) is 26.7 Å². The molecule has 1 heterocycles. The molecule has 1 aliphatic rings. The van der Waals surface area contributed by atoms with Crippen LogP contribution in [0.3, 0.4) is 0 Å². The summed E-state index contributed by atoms with van der Waals surface area (Å²) in [4.78, 5) is 7.05. The summed E-state index contributed by atoms with van der Waals surface area (Å²) >= 11 is 0. The molecule has 0 aromatic heterocycles. The van der Waals surface area contributed by atoms with Crippen molar-refractivity contribution >= 4 is 39.8 Å². The molecule has 0 radical (unpaired) electrons. The number of rotatable bonds is 6. The fourth-order valence-corrected chi connectivity index (χ4v) is 4.18. The van der Waals surface area contributed by atoms with Gasteiger partial charge in [-0.1, -0.05) is 18.2 Å². The first-order valence-corrected chi connectivity index (χ1v) is 10.6. The zero-order valence-corrected chi connectivity index (χ0v) is 19.0. The molecule has 0 spiro atoms. The third-order valence-electron chi connectivity index (χ3n) is 4.59. The van der Waals surface area contributed by atoms with Crippen LogP contribution in [-0.2, 0) is 9.84 Å². The van der Waals surface area contributed by atoms with E-state index in [-0.39, 0.29) is 29.7 Å². The normalized spacial score (nSPS) is 17.0. The number of aliphatic imine (C=N–C) groups is 1. The van der Waals surface area contributed by atoms with Crippen LogP contribution in [0.25, 0.3) is 0 Å². The first-order valence-electron chi connectivity index (χ1n) is 8.91. The predicted molar refractivity (Wildman–Crippen MR) is 118 cm³/mol. The van der Waals surface area contributed by atoms with Gasteiger partial charge in [-0.05, 0) is 38.8 Å². The van der Waals surface area contributed by atoms with Gasteiger partial charge >= 0.3 is 0 Å². The van der Waals surface area contributed by atoms with Crippen LogP contribution >= 0.6 is 24.0 Å². The van der Waals surface area contributed by atoms with Crippen LogP contribution in [-0.4, -0.2) is 63.8 Å². The van der Waals surface area contributed by atoms with Crippen LogP contribution in [0.5, 0.6) is 0 Å². The molecular weight excluding hydrogens is 463 g/mol. The van der Waals surface area contributed by atoms with Gasteiger partial charge in [0.25, 0.3) is 0 Å². The predicted octanol–water partition coefficient (Wildman–Crippen LogP) is 2.12. The highest BCUT2D eigenvalue weighted by molar-refractivity contribution is 14.0. The van der Waals surface area contributed by atoms with Gasteiger partial charge in [0.15, 0.2) is 15.8 Å². The lowest BCUT2D eigenvalue weighted by Crippen LogP contribution is -2.50. The van der Waals surface area contributed by atoms with E-state index in [1.54, 1.807) is 31.3 Å². The van der Waals surface area contributed by atoms with E-state index >= 15 is 0 Å². The summed E-state index contributed by atoms with van der Waals surface area (Å²) in [6.07, 6.45) is 2.14. The summed E-state index contributed by atoms with van der Waals surface area (Å²) in [5, 5.41) is 6.53. The molecule has 0 amide bonds.